The fourth-order valence-electron chi connectivity index (χ4n) is 1.99. The number of phenols is 1. The molecule has 88 valence electrons. The lowest BCUT2D eigenvalue weighted by Gasteiger charge is -2.22. The summed E-state index contributed by atoms with van der Waals surface area (Å²) in [5.41, 5.74) is 0.899. The number of halogens is 2. The van der Waals surface area contributed by atoms with Crippen molar-refractivity contribution in [3.63, 3.8) is 0 Å². The fourth-order valence-corrected chi connectivity index (χ4v) is 1.99. The van der Waals surface area contributed by atoms with Crippen molar-refractivity contribution in [3.05, 3.63) is 24.3 Å². The van der Waals surface area contributed by atoms with Gasteiger partial charge in [-0.2, -0.15) is 0 Å². The second-order valence-corrected chi connectivity index (χ2v) is 4.21. The van der Waals surface area contributed by atoms with Crippen molar-refractivity contribution in [2.45, 2.75) is 25.2 Å². The lowest BCUT2D eigenvalue weighted by molar-refractivity contribution is -0.0102. The van der Waals surface area contributed by atoms with Crippen molar-refractivity contribution in [3.8, 4) is 5.75 Å². The molecule has 0 bridgehead atoms. The first-order valence-corrected chi connectivity index (χ1v) is 5.49. The minimum absolute atomic E-state index is 0.0262. The molecule has 1 aliphatic heterocycles. The number of aromatic hydroxyl groups is 1. The molecular formula is C12H15F2NO. The molecular weight excluding hydrogens is 212 g/mol. The van der Waals surface area contributed by atoms with Crippen molar-refractivity contribution < 1.29 is 13.9 Å². The normalized spacial score (nSPS) is 20.5. The summed E-state index contributed by atoms with van der Waals surface area (Å²) >= 11 is 0. The van der Waals surface area contributed by atoms with E-state index >= 15 is 0 Å². The summed E-state index contributed by atoms with van der Waals surface area (Å²) < 4.78 is 26.3. The van der Waals surface area contributed by atoms with Gasteiger partial charge in [-0.05, 0) is 30.7 Å². The van der Waals surface area contributed by atoms with Gasteiger partial charge in [0.1, 0.15) is 5.75 Å². The summed E-state index contributed by atoms with van der Waals surface area (Å²) in [4.78, 5) is 1.94. The van der Waals surface area contributed by atoms with Crippen LogP contribution in [-0.4, -0.2) is 24.1 Å². The third kappa shape index (κ3) is 2.62. The van der Waals surface area contributed by atoms with E-state index in [9.17, 15) is 8.78 Å². The van der Waals surface area contributed by atoms with E-state index < -0.39 is 5.92 Å². The Morgan fingerprint density at radius 2 is 1.75 bits per heavy atom. The molecule has 4 heteroatoms. The van der Waals surface area contributed by atoms with Gasteiger partial charge in [-0.3, -0.25) is 0 Å². The molecule has 1 N–H and O–H groups in total. The Labute approximate surface area is 93.5 Å². The first-order valence-electron chi connectivity index (χ1n) is 5.49. The van der Waals surface area contributed by atoms with Crippen LogP contribution < -0.4 is 4.90 Å². The number of anilines is 1. The maximum absolute atomic E-state index is 13.2. The zero-order chi connectivity index (χ0) is 11.6. The van der Waals surface area contributed by atoms with Gasteiger partial charge in [0.25, 0.3) is 0 Å². The molecule has 0 atom stereocenters. The minimum atomic E-state index is -2.52. The number of alkyl halides is 2. The van der Waals surface area contributed by atoms with Crippen molar-refractivity contribution in [2.75, 3.05) is 18.0 Å². The Hall–Kier alpha value is -1.32. The van der Waals surface area contributed by atoms with E-state index in [1.165, 1.54) is 0 Å². The molecule has 2 nitrogen and oxygen atoms in total. The number of nitrogens with zero attached hydrogens (tertiary/aromatic N) is 1. The quantitative estimate of drug-likeness (QED) is 0.797. The van der Waals surface area contributed by atoms with E-state index in [1.54, 1.807) is 24.3 Å². The smallest absolute Gasteiger partial charge is 0.249 e. The van der Waals surface area contributed by atoms with Crippen LogP contribution in [0.3, 0.4) is 0 Å². The summed E-state index contributed by atoms with van der Waals surface area (Å²) in [7, 11) is 0. The van der Waals surface area contributed by atoms with Crippen molar-refractivity contribution in [1.82, 2.24) is 0 Å². The first-order chi connectivity index (χ1) is 7.57. The van der Waals surface area contributed by atoms with Crippen LogP contribution in [0.5, 0.6) is 5.75 Å². The Balaban J connectivity index is 2.08. The number of rotatable bonds is 1. The predicted octanol–water partition coefficient (Wildman–Crippen LogP) is 3.02. The average Bonchev–Trinajstić information content (AvgIpc) is 2.41. The molecule has 0 amide bonds. The van der Waals surface area contributed by atoms with Crippen molar-refractivity contribution in [2.24, 2.45) is 0 Å². The molecule has 0 unspecified atom stereocenters. The number of hydrogen-bond donors (Lipinski definition) is 1. The summed E-state index contributed by atoms with van der Waals surface area (Å²) in [5, 5.41) is 9.16. The molecule has 16 heavy (non-hydrogen) atoms. The van der Waals surface area contributed by atoms with Crippen LogP contribution >= 0.6 is 0 Å². The van der Waals surface area contributed by atoms with Crippen LogP contribution in [0.25, 0.3) is 0 Å². The molecule has 1 aromatic rings. The average molecular weight is 227 g/mol. The van der Waals surface area contributed by atoms with E-state index in [1.807, 2.05) is 4.90 Å². The van der Waals surface area contributed by atoms with Gasteiger partial charge in [-0.1, -0.05) is 0 Å². The molecule has 1 fully saturated rings. The second kappa shape index (κ2) is 4.28. The molecule has 0 saturated carbocycles. The van der Waals surface area contributed by atoms with Crippen LogP contribution in [0.2, 0.25) is 0 Å². The Morgan fingerprint density at radius 3 is 2.44 bits per heavy atom. The van der Waals surface area contributed by atoms with Gasteiger partial charge in [0.15, 0.2) is 0 Å². The highest BCUT2D eigenvalue weighted by molar-refractivity contribution is 5.48. The molecule has 2 rings (SSSR count). The summed E-state index contributed by atoms with van der Waals surface area (Å²) in [6.45, 7) is 1.03. The maximum Gasteiger partial charge on any atom is 0.249 e. The highest BCUT2D eigenvalue weighted by Gasteiger charge is 2.31. The van der Waals surface area contributed by atoms with Gasteiger partial charge in [0, 0.05) is 31.6 Å². The van der Waals surface area contributed by atoms with Crippen molar-refractivity contribution in [1.29, 1.82) is 0 Å². The highest BCUT2D eigenvalue weighted by atomic mass is 19.3. The molecule has 0 aromatic heterocycles. The molecule has 1 saturated heterocycles. The minimum Gasteiger partial charge on any atom is -0.508 e. The zero-order valence-electron chi connectivity index (χ0n) is 9.00. The van der Waals surface area contributed by atoms with E-state index in [-0.39, 0.29) is 18.6 Å². The highest BCUT2D eigenvalue weighted by Crippen LogP contribution is 2.30. The van der Waals surface area contributed by atoms with E-state index in [0.717, 1.165) is 5.69 Å². The lowest BCUT2D eigenvalue weighted by atomic mass is 10.1. The zero-order valence-corrected chi connectivity index (χ0v) is 9.00. The Bertz CT molecular complexity index is 351. The van der Waals surface area contributed by atoms with Gasteiger partial charge in [-0.15, -0.1) is 0 Å². The molecule has 1 aromatic carbocycles. The van der Waals surface area contributed by atoms with E-state index in [4.69, 9.17) is 5.11 Å². The fraction of sp³-hybridized carbons (Fsp3) is 0.500. The SMILES string of the molecule is Oc1ccc(N2CCCC(F)(F)CC2)cc1. The Morgan fingerprint density at radius 1 is 1.06 bits per heavy atom. The maximum atomic E-state index is 13.2. The molecule has 0 aliphatic carbocycles. The first kappa shape index (κ1) is 11.2. The van der Waals surface area contributed by atoms with E-state index in [2.05, 4.69) is 0 Å². The largest absolute Gasteiger partial charge is 0.508 e. The number of phenolic OH excluding ortho intramolecular Hbond substituents is 1. The van der Waals surface area contributed by atoms with Gasteiger partial charge >= 0.3 is 0 Å². The third-order valence-corrected chi connectivity index (χ3v) is 2.93. The molecule has 1 aliphatic rings. The van der Waals surface area contributed by atoms with Gasteiger partial charge in [0.05, 0.1) is 0 Å². The van der Waals surface area contributed by atoms with Crippen LogP contribution in [0, 0.1) is 0 Å². The van der Waals surface area contributed by atoms with Crippen LogP contribution in [0.4, 0.5) is 14.5 Å². The molecule has 0 spiro atoms. The van der Waals surface area contributed by atoms with Gasteiger partial charge in [0.2, 0.25) is 5.92 Å². The van der Waals surface area contributed by atoms with Crippen LogP contribution in [0.1, 0.15) is 19.3 Å². The Kier molecular flexibility index (Phi) is 2.99. The number of benzene rings is 1. The van der Waals surface area contributed by atoms with Crippen LogP contribution in [-0.2, 0) is 0 Å². The summed E-state index contributed by atoms with van der Waals surface area (Å²) in [6.07, 6.45) is 0.392. The number of hydrogen-bond acceptors (Lipinski definition) is 2. The predicted molar refractivity (Wildman–Crippen MR) is 59.1 cm³/mol. The second-order valence-electron chi connectivity index (χ2n) is 4.21. The molecule has 1 heterocycles. The summed E-state index contributed by atoms with van der Waals surface area (Å²) in [5.74, 6) is -2.32. The van der Waals surface area contributed by atoms with Gasteiger partial charge < -0.3 is 10.0 Å². The monoisotopic (exact) mass is 227 g/mol. The van der Waals surface area contributed by atoms with E-state index in [0.29, 0.717) is 19.5 Å². The third-order valence-electron chi connectivity index (χ3n) is 2.93. The molecule has 0 radical (unpaired) electrons. The van der Waals surface area contributed by atoms with Crippen LogP contribution in [0.15, 0.2) is 24.3 Å². The topological polar surface area (TPSA) is 23.5 Å². The summed E-state index contributed by atoms with van der Waals surface area (Å²) in [6, 6.07) is 6.69. The standard InChI is InChI=1S/C12H15F2NO/c13-12(14)6-1-8-15(9-7-12)10-2-4-11(16)5-3-10/h2-5,16H,1,6-9H2. The lowest BCUT2D eigenvalue weighted by Crippen LogP contribution is -2.25. The van der Waals surface area contributed by atoms with Gasteiger partial charge in [-0.25, -0.2) is 8.78 Å². The van der Waals surface area contributed by atoms with Crippen molar-refractivity contribution >= 4 is 5.69 Å².